The zero-order valence-electron chi connectivity index (χ0n) is 12.1. The van der Waals surface area contributed by atoms with Crippen LogP contribution >= 0.6 is 0 Å². The number of fused-ring (bicyclic) bond motifs is 5. The Morgan fingerprint density at radius 2 is 1.95 bits per heavy atom. The molecule has 0 bridgehead atoms. The smallest absolute Gasteiger partial charge is 0.191 e. The number of rotatable bonds is 1. The van der Waals surface area contributed by atoms with Gasteiger partial charge in [0.25, 0.3) is 0 Å². The first kappa shape index (κ1) is 12.6. The molecule has 2 aromatic rings. The average Bonchev–Trinajstić information content (AvgIpc) is 2.90. The molecule has 1 aliphatic heterocycles. The van der Waals surface area contributed by atoms with E-state index in [4.69, 9.17) is 10.5 Å². The van der Waals surface area contributed by atoms with Crippen molar-refractivity contribution in [2.45, 2.75) is 31.4 Å². The van der Waals surface area contributed by atoms with E-state index < -0.39 is 11.6 Å². The number of benzene rings is 2. The van der Waals surface area contributed by atoms with Gasteiger partial charge in [0, 0.05) is 16.7 Å². The van der Waals surface area contributed by atoms with E-state index in [1.54, 1.807) is 0 Å². The van der Waals surface area contributed by atoms with Crippen molar-refractivity contribution >= 4 is 5.78 Å². The molecule has 4 rings (SSSR count). The maximum absolute atomic E-state index is 12.8. The Bertz CT molecular complexity index is 766. The summed E-state index contributed by atoms with van der Waals surface area (Å²) < 4.78 is 6.08. The predicted octanol–water partition coefficient (Wildman–Crippen LogP) is 3.29. The molecule has 0 aromatic heterocycles. The Balaban J connectivity index is 1.90. The monoisotopic (exact) mass is 279 g/mol. The Labute approximate surface area is 123 Å². The third kappa shape index (κ3) is 1.44. The van der Waals surface area contributed by atoms with Crippen LogP contribution in [0.4, 0.5) is 0 Å². The van der Waals surface area contributed by atoms with E-state index in [2.05, 4.69) is 13.8 Å². The fourth-order valence-corrected chi connectivity index (χ4v) is 3.40. The molecule has 2 atom stereocenters. The fourth-order valence-electron chi connectivity index (χ4n) is 3.40. The topological polar surface area (TPSA) is 52.3 Å². The zero-order valence-corrected chi connectivity index (χ0v) is 12.1. The van der Waals surface area contributed by atoms with Crippen molar-refractivity contribution in [2.24, 2.45) is 5.73 Å². The predicted molar refractivity (Wildman–Crippen MR) is 80.5 cm³/mol. The summed E-state index contributed by atoms with van der Waals surface area (Å²) in [7, 11) is 0. The highest BCUT2D eigenvalue weighted by atomic mass is 16.5. The molecule has 2 N–H and O–H groups in total. The van der Waals surface area contributed by atoms with Crippen molar-refractivity contribution < 1.29 is 9.53 Å². The summed E-state index contributed by atoms with van der Waals surface area (Å²) in [6.45, 7) is 4.27. The lowest BCUT2D eigenvalue weighted by Gasteiger charge is -2.21. The first-order chi connectivity index (χ1) is 10.0. The molecule has 106 valence electrons. The number of hydrogen-bond acceptors (Lipinski definition) is 3. The molecule has 2 aromatic carbocycles. The van der Waals surface area contributed by atoms with Crippen LogP contribution in [0.5, 0.6) is 5.75 Å². The second kappa shape index (κ2) is 3.95. The molecular formula is C18H17NO2. The van der Waals surface area contributed by atoms with E-state index in [0.29, 0.717) is 11.5 Å². The summed E-state index contributed by atoms with van der Waals surface area (Å²) in [4.78, 5) is 12.8. The molecule has 21 heavy (non-hydrogen) atoms. The number of carbonyl (C=O) groups excluding carboxylic acids is 1. The number of carbonyl (C=O) groups is 1. The highest BCUT2D eigenvalue weighted by Crippen LogP contribution is 2.54. The number of nitrogens with two attached hydrogens (primary N) is 1. The zero-order chi connectivity index (χ0) is 14.8. The van der Waals surface area contributed by atoms with Gasteiger partial charge in [-0.05, 0) is 17.5 Å². The van der Waals surface area contributed by atoms with Crippen LogP contribution < -0.4 is 10.5 Å². The summed E-state index contributed by atoms with van der Waals surface area (Å²) in [6.07, 6.45) is -0.404. The summed E-state index contributed by atoms with van der Waals surface area (Å²) in [5, 5.41) is 0. The highest BCUT2D eigenvalue weighted by Gasteiger charge is 2.58. The van der Waals surface area contributed by atoms with Gasteiger partial charge in [-0.15, -0.1) is 0 Å². The number of ketones is 1. The molecule has 0 spiro atoms. The molecular weight excluding hydrogens is 262 g/mol. The van der Waals surface area contributed by atoms with Crippen molar-refractivity contribution in [2.75, 3.05) is 0 Å². The van der Waals surface area contributed by atoms with Gasteiger partial charge in [-0.1, -0.05) is 50.2 Å². The molecule has 2 aliphatic rings. The Morgan fingerprint density at radius 1 is 1.19 bits per heavy atom. The summed E-state index contributed by atoms with van der Waals surface area (Å²) >= 11 is 0. The van der Waals surface area contributed by atoms with Gasteiger partial charge in [-0.3, -0.25) is 4.79 Å². The van der Waals surface area contributed by atoms with E-state index >= 15 is 0 Å². The van der Waals surface area contributed by atoms with Crippen LogP contribution in [0.2, 0.25) is 0 Å². The van der Waals surface area contributed by atoms with Gasteiger partial charge in [-0.25, -0.2) is 0 Å². The normalized spacial score (nSPS) is 25.5. The van der Waals surface area contributed by atoms with Crippen LogP contribution in [0.15, 0.2) is 42.5 Å². The molecule has 0 amide bonds. The molecule has 3 heteroatoms. The minimum absolute atomic E-state index is 0.0425. The number of ether oxygens (including phenoxy) is 1. The third-order valence-electron chi connectivity index (χ3n) is 4.64. The molecule has 1 aliphatic carbocycles. The maximum atomic E-state index is 12.8. The second-order valence-corrected chi connectivity index (χ2v) is 6.19. The quantitative estimate of drug-likeness (QED) is 0.871. The third-order valence-corrected chi connectivity index (χ3v) is 4.64. The molecule has 0 saturated heterocycles. The van der Waals surface area contributed by atoms with Crippen molar-refractivity contribution in [3.05, 3.63) is 64.7 Å². The molecule has 1 heterocycles. The Morgan fingerprint density at radius 3 is 2.71 bits per heavy atom. The van der Waals surface area contributed by atoms with Crippen LogP contribution in [0.3, 0.4) is 0 Å². The van der Waals surface area contributed by atoms with E-state index in [-0.39, 0.29) is 5.78 Å². The van der Waals surface area contributed by atoms with Gasteiger partial charge in [0.15, 0.2) is 17.4 Å². The summed E-state index contributed by atoms with van der Waals surface area (Å²) in [5.74, 6) is 1.12. The van der Waals surface area contributed by atoms with Gasteiger partial charge in [0.05, 0.1) is 0 Å². The SMILES string of the molecule is CC(C)c1ccc2c(c1)OC1c3ccccc3C(=O)C21N. The van der Waals surface area contributed by atoms with E-state index in [0.717, 1.165) is 16.9 Å². The minimum Gasteiger partial charge on any atom is -0.483 e. The van der Waals surface area contributed by atoms with Crippen molar-refractivity contribution in [1.29, 1.82) is 0 Å². The minimum atomic E-state index is -1.07. The molecule has 0 fully saturated rings. The average molecular weight is 279 g/mol. The fraction of sp³-hybridized carbons (Fsp3) is 0.278. The van der Waals surface area contributed by atoms with Crippen LogP contribution in [-0.2, 0) is 5.54 Å². The molecule has 3 nitrogen and oxygen atoms in total. The van der Waals surface area contributed by atoms with Crippen molar-refractivity contribution in [3.63, 3.8) is 0 Å². The Hall–Kier alpha value is -2.13. The van der Waals surface area contributed by atoms with Crippen LogP contribution in [-0.4, -0.2) is 5.78 Å². The van der Waals surface area contributed by atoms with E-state index in [1.165, 1.54) is 5.56 Å². The van der Waals surface area contributed by atoms with Crippen LogP contribution in [0, 0.1) is 0 Å². The highest BCUT2D eigenvalue weighted by molar-refractivity contribution is 6.09. The molecule has 0 saturated carbocycles. The number of Topliss-reactive ketones (excluding diaryl/α,β-unsaturated/α-hetero) is 1. The van der Waals surface area contributed by atoms with Crippen LogP contribution in [0.25, 0.3) is 0 Å². The largest absolute Gasteiger partial charge is 0.483 e. The van der Waals surface area contributed by atoms with Gasteiger partial charge in [0.1, 0.15) is 5.75 Å². The lowest BCUT2D eigenvalue weighted by atomic mass is 9.85. The van der Waals surface area contributed by atoms with Crippen molar-refractivity contribution in [1.82, 2.24) is 0 Å². The van der Waals surface area contributed by atoms with Crippen molar-refractivity contribution in [3.8, 4) is 5.75 Å². The molecule has 0 radical (unpaired) electrons. The standard InChI is InChI=1S/C18H17NO2/c1-10(2)11-7-8-14-15(9-11)21-17-13-6-4-3-5-12(13)16(20)18(14,17)19/h3-10,17H,19H2,1-2H3. The first-order valence-corrected chi connectivity index (χ1v) is 7.27. The number of hydrogen-bond donors (Lipinski definition) is 1. The first-order valence-electron chi connectivity index (χ1n) is 7.27. The van der Waals surface area contributed by atoms with Gasteiger partial charge < -0.3 is 10.5 Å². The van der Waals surface area contributed by atoms with E-state index in [9.17, 15) is 4.79 Å². The van der Waals surface area contributed by atoms with Gasteiger partial charge in [0.2, 0.25) is 0 Å². The summed E-state index contributed by atoms with van der Waals surface area (Å²) in [6, 6.07) is 13.6. The second-order valence-electron chi connectivity index (χ2n) is 6.19. The maximum Gasteiger partial charge on any atom is 0.191 e. The van der Waals surface area contributed by atoms with Gasteiger partial charge >= 0.3 is 0 Å². The lowest BCUT2D eigenvalue weighted by Crippen LogP contribution is -2.43. The molecule has 2 unspecified atom stereocenters. The van der Waals surface area contributed by atoms with Crippen LogP contribution in [0.1, 0.15) is 52.9 Å². The summed E-state index contributed by atoms with van der Waals surface area (Å²) in [5.41, 5.74) is 9.02. The van der Waals surface area contributed by atoms with Gasteiger partial charge in [-0.2, -0.15) is 0 Å². The van der Waals surface area contributed by atoms with E-state index in [1.807, 2.05) is 42.5 Å². The lowest BCUT2D eigenvalue weighted by molar-refractivity contribution is 0.0810. The Kier molecular flexibility index (Phi) is 2.37.